The number of nitrogens with zero attached hydrogens (tertiary/aromatic N) is 2. The lowest BCUT2D eigenvalue weighted by Crippen LogP contribution is -2.26. The molecule has 2 aromatic heterocycles. The van der Waals surface area contributed by atoms with Crippen LogP contribution in [0.25, 0.3) is 11.4 Å². The smallest absolute Gasteiger partial charge is 0.253 e. The zero-order chi connectivity index (χ0) is 16.4. The summed E-state index contributed by atoms with van der Waals surface area (Å²) in [7, 11) is 0. The van der Waals surface area contributed by atoms with Crippen molar-refractivity contribution in [1.29, 1.82) is 0 Å². The number of amides is 1. The van der Waals surface area contributed by atoms with Crippen molar-refractivity contribution in [2.45, 2.75) is 25.4 Å². The molecule has 0 spiro atoms. The quantitative estimate of drug-likeness (QED) is 0.720. The molecule has 122 valence electrons. The Kier molecular flexibility index (Phi) is 4.00. The molecule has 0 atom stereocenters. The zero-order valence-corrected chi connectivity index (χ0v) is 13.7. The molecule has 6 nitrogen and oxygen atoms in total. The number of benzene rings is 1. The molecule has 0 bridgehead atoms. The maximum absolute atomic E-state index is 12.3. The molecule has 3 aromatic rings. The van der Waals surface area contributed by atoms with Crippen molar-refractivity contribution < 1.29 is 9.32 Å². The fourth-order valence-corrected chi connectivity index (χ4v) is 2.97. The molecule has 0 radical (unpaired) electrons. The number of rotatable bonds is 6. The maximum atomic E-state index is 12.3. The van der Waals surface area contributed by atoms with Crippen molar-refractivity contribution in [2.24, 2.45) is 0 Å². The Balaban J connectivity index is 1.45. The van der Waals surface area contributed by atoms with Gasteiger partial charge in [-0.25, -0.2) is 0 Å². The summed E-state index contributed by atoms with van der Waals surface area (Å²) >= 11 is 1.59. The maximum Gasteiger partial charge on any atom is 0.253 e. The number of nitrogens with one attached hydrogen (secondary N) is 2. The summed E-state index contributed by atoms with van der Waals surface area (Å²) in [5, 5.41) is 14.1. The van der Waals surface area contributed by atoms with E-state index in [2.05, 4.69) is 20.8 Å². The van der Waals surface area contributed by atoms with Gasteiger partial charge in [0, 0.05) is 22.7 Å². The van der Waals surface area contributed by atoms with Crippen molar-refractivity contribution in [3.05, 3.63) is 52.5 Å². The van der Waals surface area contributed by atoms with E-state index >= 15 is 0 Å². The SMILES string of the molecule is O=C(NC1CC1)c1ccccc1NCc1nc(-c2ccsc2)no1. The second kappa shape index (κ2) is 6.45. The van der Waals surface area contributed by atoms with Crippen LogP contribution in [0.3, 0.4) is 0 Å². The Labute approximate surface area is 142 Å². The summed E-state index contributed by atoms with van der Waals surface area (Å²) in [5.41, 5.74) is 2.33. The molecule has 2 N–H and O–H groups in total. The van der Waals surface area contributed by atoms with Gasteiger partial charge in [-0.3, -0.25) is 4.79 Å². The first kappa shape index (κ1) is 14.9. The van der Waals surface area contributed by atoms with Gasteiger partial charge in [-0.1, -0.05) is 17.3 Å². The van der Waals surface area contributed by atoms with Crippen molar-refractivity contribution >= 4 is 22.9 Å². The third-order valence-corrected chi connectivity index (χ3v) is 4.45. The highest BCUT2D eigenvalue weighted by molar-refractivity contribution is 7.08. The Bertz CT molecular complexity index is 840. The van der Waals surface area contributed by atoms with Crippen LogP contribution in [0.2, 0.25) is 0 Å². The third-order valence-electron chi connectivity index (χ3n) is 3.76. The highest BCUT2D eigenvalue weighted by Crippen LogP contribution is 2.22. The molecule has 1 aliphatic carbocycles. The van der Waals surface area contributed by atoms with Crippen molar-refractivity contribution in [1.82, 2.24) is 15.5 Å². The normalized spacial score (nSPS) is 13.7. The molecule has 1 aliphatic rings. The van der Waals surface area contributed by atoms with E-state index in [-0.39, 0.29) is 5.91 Å². The van der Waals surface area contributed by atoms with Gasteiger partial charge in [-0.05, 0) is 36.4 Å². The second-order valence-corrected chi connectivity index (χ2v) is 6.45. The lowest BCUT2D eigenvalue weighted by atomic mass is 10.1. The summed E-state index contributed by atoms with van der Waals surface area (Å²) in [6.07, 6.45) is 2.13. The molecule has 2 heterocycles. The van der Waals surface area contributed by atoms with Crippen LogP contribution in [0.15, 0.2) is 45.6 Å². The second-order valence-electron chi connectivity index (χ2n) is 5.67. The van der Waals surface area contributed by atoms with E-state index in [0.29, 0.717) is 29.9 Å². The third kappa shape index (κ3) is 3.30. The fourth-order valence-electron chi connectivity index (χ4n) is 2.33. The first-order valence-corrected chi connectivity index (χ1v) is 8.73. The van der Waals surface area contributed by atoms with Gasteiger partial charge in [-0.15, -0.1) is 0 Å². The average molecular weight is 340 g/mol. The van der Waals surface area contributed by atoms with Gasteiger partial charge in [0.15, 0.2) is 0 Å². The molecule has 1 aromatic carbocycles. The topological polar surface area (TPSA) is 80.0 Å². The minimum atomic E-state index is -0.0508. The van der Waals surface area contributed by atoms with E-state index in [9.17, 15) is 4.79 Å². The molecule has 1 saturated carbocycles. The van der Waals surface area contributed by atoms with Crippen LogP contribution in [0.1, 0.15) is 29.1 Å². The van der Waals surface area contributed by atoms with Gasteiger partial charge < -0.3 is 15.2 Å². The number of hydrogen-bond donors (Lipinski definition) is 2. The van der Waals surface area contributed by atoms with E-state index in [1.165, 1.54) is 0 Å². The van der Waals surface area contributed by atoms with Crippen molar-refractivity contribution in [3.8, 4) is 11.4 Å². The summed E-state index contributed by atoms with van der Waals surface area (Å²) in [4.78, 5) is 16.7. The lowest BCUT2D eigenvalue weighted by Gasteiger charge is -2.10. The van der Waals surface area contributed by atoms with Gasteiger partial charge in [0.2, 0.25) is 11.7 Å². The summed E-state index contributed by atoms with van der Waals surface area (Å²) in [5.74, 6) is 1.01. The number of carbonyl (C=O) groups is 1. The molecule has 0 unspecified atom stereocenters. The van der Waals surface area contributed by atoms with E-state index in [4.69, 9.17) is 4.52 Å². The highest BCUT2D eigenvalue weighted by Gasteiger charge is 2.24. The van der Waals surface area contributed by atoms with Crippen LogP contribution in [0.5, 0.6) is 0 Å². The van der Waals surface area contributed by atoms with Crippen molar-refractivity contribution in [3.63, 3.8) is 0 Å². The first-order valence-electron chi connectivity index (χ1n) is 7.78. The molecular formula is C17H16N4O2S. The predicted molar refractivity (Wildman–Crippen MR) is 91.9 cm³/mol. The van der Waals surface area contributed by atoms with Gasteiger partial charge in [0.25, 0.3) is 5.91 Å². The number of aromatic nitrogens is 2. The fraction of sp³-hybridized carbons (Fsp3) is 0.235. The van der Waals surface area contributed by atoms with Gasteiger partial charge >= 0.3 is 0 Å². The number of thiophene rings is 1. The van der Waals surface area contributed by atoms with E-state index in [1.54, 1.807) is 11.3 Å². The Morgan fingerprint density at radius 2 is 2.17 bits per heavy atom. The van der Waals surface area contributed by atoms with Crippen LogP contribution in [0, 0.1) is 0 Å². The Morgan fingerprint density at radius 3 is 2.96 bits per heavy atom. The Hall–Kier alpha value is -2.67. The predicted octanol–water partition coefficient (Wildman–Crippen LogP) is 3.30. The Morgan fingerprint density at radius 1 is 1.29 bits per heavy atom. The number of carbonyl (C=O) groups excluding carboxylic acids is 1. The monoisotopic (exact) mass is 340 g/mol. The standard InChI is InChI=1S/C17H16N4O2S/c22-17(19-12-5-6-12)13-3-1-2-4-14(13)18-9-15-20-16(21-23-15)11-7-8-24-10-11/h1-4,7-8,10,12,18H,5-6,9H2,(H,19,22). The molecule has 24 heavy (non-hydrogen) atoms. The summed E-state index contributed by atoms with van der Waals surface area (Å²) in [6.45, 7) is 0.366. The molecule has 0 saturated heterocycles. The lowest BCUT2D eigenvalue weighted by molar-refractivity contribution is 0.0952. The molecule has 1 fully saturated rings. The summed E-state index contributed by atoms with van der Waals surface area (Å²) in [6, 6.07) is 9.71. The highest BCUT2D eigenvalue weighted by atomic mass is 32.1. The van der Waals surface area contributed by atoms with Gasteiger partial charge in [0.1, 0.15) is 0 Å². The molecule has 1 amide bonds. The largest absolute Gasteiger partial charge is 0.375 e. The van der Waals surface area contributed by atoms with Gasteiger partial charge in [-0.2, -0.15) is 16.3 Å². The van der Waals surface area contributed by atoms with Crippen LogP contribution in [-0.4, -0.2) is 22.1 Å². The minimum Gasteiger partial charge on any atom is -0.375 e. The van der Waals surface area contributed by atoms with Crippen LogP contribution < -0.4 is 10.6 Å². The van der Waals surface area contributed by atoms with Crippen LogP contribution in [0.4, 0.5) is 5.69 Å². The van der Waals surface area contributed by atoms with Crippen LogP contribution >= 0.6 is 11.3 Å². The zero-order valence-electron chi connectivity index (χ0n) is 12.9. The molecule has 7 heteroatoms. The summed E-state index contributed by atoms with van der Waals surface area (Å²) < 4.78 is 5.27. The van der Waals surface area contributed by atoms with Crippen LogP contribution in [-0.2, 0) is 6.54 Å². The minimum absolute atomic E-state index is 0.0508. The molecular weight excluding hydrogens is 324 g/mol. The van der Waals surface area contributed by atoms with E-state index < -0.39 is 0 Å². The average Bonchev–Trinajstić information content (AvgIpc) is 3.07. The molecule has 4 rings (SSSR count). The number of hydrogen-bond acceptors (Lipinski definition) is 6. The van der Waals surface area contributed by atoms with Crippen molar-refractivity contribution in [2.75, 3.05) is 5.32 Å². The van der Waals surface area contributed by atoms with E-state index in [0.717, 1.165) is 24.1 Å². The number of para-hydroxylation sites is 1. The first-order chi connectivity index (χ1) is 11.8. The van der Waals surface area contributed by atoms with E-state index in [1.807, 2.05) is 41.1 Å². The number of anilines is 1. The van der Waals surface area contributed by atoms with Gasteiger partial charge in [0.05, 0.1) is 12.1 Å². The molecule has 0 aliphatic heterocycles.